The highest BCUT2D eigenvalue weighted by atomic mass is 35.5. The summed E-state index contributed by atoms with van der Waals surface area (Å²) in [5, 5.41) is 10.3. The van der Waals surface area contributed by atoms with E-state index in [1.54, 1.807) is 19.1 Å². The molecule has 2 aromatic rings. The first-order chi connectivity index (χ1) is 14.4. The van der Waals surface area contributed by atoms with Crippen molar-refractivity contribution in [1.29, 1.82) is 0 Å². The molecule has 8 heteroatoms. The molecule has 1 fully saturated rings. The fourth-order valence-corrected chi connectivity index (χ4v) is 5.56. The van der Waals surface area contributed by atoms with E-state index in [0.717, 1.165) is 60.9 Å². The number of carboxylic acids is 1. The number of aliphatic carboxylic acids is 1. The predicted octanol–water partition coefficient (Wildman–Crippen LogP) is 5.34. The van der Waals surface area contributed by atoms with Crippen molar-refractivity contribution in [2.45, 2.75) is 30.1 Å². The van der Waals surface area contributed by atoms with Crippen LogP contribution >= 0.6 is 35.1 Å². The minimum atomic E-state index is -0.745. The molecule has 1 heterocycles. The molecule has 0 spiro atoms. The highest BCUT2D eigenvalue weighted by Gasteiger charge is 2.27. The molecule has 1 atom stereocenters. The van der Waals surface area contributed by atoms with E-state index in [1.165, 1.54) is 5.56 Å². The number of halogens is 2. The minimum Gasteiger partial charge on any atom is -0.496 e. The van der Waals surface area contributed by atoms with Crippen molar-refractivity contribution < 1.29 is 14.6 Å². The normalized spacial score (nSPS) is 19.0. The maximum atomic E-state index is 11.2. The maximum absolute atomic E-state index is 11.2. The Labute approximate surface area is 191 Å². The third kappa shape index (κ3) is 4.67. The summed E-state index contributed by atoms with van der Waals surface area (Å²) in [5.74, 6) is 0.160. The second-order valence-electron chi connectivity index (χ2n) is 7.64. The molecule has 1 unspecified atom stereocenters. The van der Waals surface area contributed by atoms with Gasteiger partial charge in [0.1, 0.15) is 5.75 Å². The van der Waals surface area contributed by atoms with E-state index < -0.39 is 5.97 Å². The van der Waals surface area contributed by atoms with Crippen LogP contribution in [0.1, 0.15) is 29.9 Å². The predicted molar refractivity (Wildman–Crippen MR) is 122 cm³/mol. The Morgan fingerprint density at radius 3 is 2.60 bits per heavy atom. The highest BCUT2D eigenvalue weighted by molar-refractivity contribution is 7.97. The van der Waals surface area contributed by atoms with E-state index in [2.05, 4.69) is 15.3 Å². The molecule has 1 saturated heterocycles. The van der Waals surface area contributed by atoms with Gasteiger partial charge in [0.2, 0.25) is 0 Å². The summed E-state index contributed by atoms with van der Waals surface area (Å²) in [4.78, 5) is 14.6. The van der Waals surface area contributed by atoms with Crippen LogP contribution in [0.3, 0.4) is 0 Å². The van der Waals surface area contributed by atoms with Crippen LogP contribution in [0.25, 0.3) is 0 Å². The lowest BCUT2D eigenvalue weighted by Gasteiger charge is -2.35. The number of hydrogen-bond acceptors (Lipinski definition) is 5. The number of carbonyl (C=O) groups is 1. The van der Waals surface area contributed by atoms with Crippen molar-refractivity contribution in [1.82, 2.24) is 4.31 Å². The highest BCUT2D eigenvalue weighted by Crippen LogP contribution is 2.43. The van der Waals surface area contributed by atoms with Crippen LogP contribution < -0.4 is 9.64 Å². The van der Waals surface area contributed by atoms with Gasteiger partial charge in [0.05, 0.1) is 28.5 Å². The number of rotatable bonds is 6. The molecule has 30 heavy (non-hydrogen) atoms. The number of piperazine rings is 1. The van der Waals surface area contributed by atoms with Gasteiger partial charge in [-0.2, -0.15) is 0 Å². The van der Waals surface area contributed by atoms with Crippen molar-refractivity contribution in [3.05, 3.63) is 51.5 Å². The van der Waals surface area contributed by atoms with Crippen LogP contribution in [0.4, 0.5) is 5.69 Å². The van der Waals surface area contributed by atoms with E-state index in [4.69, 9.17) is 33.0 Å². The third-order valence-corrected chi connectivity index (χ3v) is 7.66. The lowest BCUT2D eigenvalue weighted by molar-refractivity contribution is -0.137. The van der Waals surface area contributed by atoms with E-state index in [1.807, 2.05) is 24.3 Å². The minimum absolute atomic E-state index is 0.0835. The maximum Gasteiger partial charge on any atom is 0.303 e. The van der Waals surface area contributed by atoms with Gasteiger partial charge in [0.25, 0.3) is 0 Å². The van der Waals surface area contributed by atoms with Crippen LogP contribution in [-0.2, 0) is 11.2 Å². The van der Waals surface area contributed by atoms with Gasteiger partial charge in [-0.15, -0.1) is 0 Å². The molecular weight excluding hydrogens is 443 g/mol. The van der Waals surface area contributed by atoms with E-state index in [-0.39, 0.29) is 12.3 Å². The summed E-state index contributed by atoms with van der Waals surface area (Å²) in [5.41, 5.74) is 3.47. The summed E-state index contributed by atoms with van der Waals surface area (Å²) in [6.45, 7) is 3.62. The van der Waals surface area contributed by atoms with Crippen molar-refractivity contribution in [3.8, 4) is 5.75 Å². The topological polar surface area (TPSA) is 53.0 Å². The van der Waals surface area contributed by atoms with Crippen molar-refractivity contribution in [2.24, 2.45) is 0 Å². The zero-order chi connectivity index (χ0) is 21.3. The molecule has 0 amide bonds. The van der Waals surface area contributed by atoms with Crippen LogP contribution in [0.2, 0.25) is 10.0 Å². The Balaban J connectivity index is 1.43. The average Bonchev–Trinajstić information content (AvgIpc) is 3.11. The molecule has 160 valence electrons. The van der Waals surface area contributed by atoms with Gasteiger partial charge >= 0.3 is 5.97 Å². The molecule has 1 N–H and O–H groups in total. The van der Waals surface area contributed by atoms with Gasteiger partial charge < -0.3 is 14.7 Å². The Morgan fingerprint density at radius 1 is 1.17 bits per heavy atom. The number of aryl methyl sites for hydroxylation is 1. The lowest BCUT2D eigenvalue weighted by Crippen LogP contribution is -2.43. The number of benzene rings is 2. The average molecular weight is 467 g/mol. The van der Waals surface area contributed by atoms with Crippen LogP contribution in [0.15, 0.2) is 35.2 Å². The second kappa shape index (κ2) is 9.27. The van der Waals surface area contributed by atoms with Gasteiger partial charge in [-0.25, -0.2) is 4.31 Å². The molecular formula is C22H24Cl2N2O3S. The fraction of sp³-hybridized carbons (Fsp3) is 0.409. The first-order valence-corrected chi connectivity index (χ1v) is 11.5. The number of fused-ring (bicyclic) bond motifs is 1. The Kier molecular flexibility index (Phi) is 6.68. The number of anilines is 1. The van der Waals surface area contributed by atoms with Gasteiger partial charge in [-0.1, -0.05) is 23.2 Å². The first kappa shape index (κ1) is 21.6. The molecule has 0 aromatic heterocycles. The van der Waals surface area contributed by atoms with Crippen molar-refractivity contribution in [3.63, 3.8) is 0 Å². The Hall–Kier alpha value is -1.60. The van der Waals surface area contributed by atoms with Crippen molar-refractivity contribution >= 4 is 46.8 Å². The zero-order valence-electron chi connectivity index (χ0n) is 16.7. The smallest absolute Gasteiger partial charge is 0.303 e. The van der Waals surface area contributed by atoms with Crippen LogP contribution in [-0.4, -0.2) is 48.7 Å². The molecule has 2 aromatic carbocycles. The van der Waals surface area contributed by atoms with E-state index in [9.17, 15) is 4.79 Å². The molecule has 1 aliphatic heterocycles. The quantitative estimate of drug-likeness (QED) is 0.580. The first-order valence-electron chi connectivity index (χ1n) is 10.00. The summed E-state index contributed by atoms with van der Waals surface area (Å²) in [6, 6.07) is 10.0. The molecule has 1 aliphatic carbocycles. The molecule has 0 saturated carbocycles. The van der Waals surface area contributed by atoms with Crippen LogP contribution in [0, 0.1) is 0 Å². The zero-order valence-corrected chi connectivity index (χ0v) is 19.1. The Bertz CT molecular complexity index is 948. The molecule has 0 bridgehead atoms. The van der Waals surface area contributed by atoms with Gasteiger partial charge in [0, 0.05) is 31.9 Å². The summed E-state index contributed by atoms with van der Waals surface area (Å²) < 4.78 is 8.00. The second-order valence-corrected chi connectivity index (χ2v) is 9.59. The number of carboxylic acid groups (broad SMARTS) is 1. The monoisotopic (exact) mass is 466 g/mol. The SMILES string of the molecule is COc1cc2c(cc1SN1CCN(c3ccc(Cl)c(Cl)c3)CC1)CCC2CC(=O)O. The largest absolute Gasteiger partial charge is 0.496 e. The molecule has 4 rings (SSSR count). The molecule has 2 aliphatic rings. The molecule has 0 radical (unpaired) electrons. The van der Waals surface area contributed by atoms with Crippen LogP contribution in [0.5, 0.6) is 5.75 Å². The molecule has 5 nitrogen and oxygen atoms in total. The third-order valence-electron chi connectivity index (χ3n) is 5.78. The lowest BCUT2D eigenvalue weighted by atomic mass is 9.98. The summed E-state index contributed by atoms with van der Waals surface area (Å²) in [6.07, 6.45) is 2.00. The fourth-order valence-electron chi connectivity index (χ4n) is 4.21. The van der Waals surface area contributed by atoms with Gasteiger partial charge in [-0.05, 0) is 72.2 Å². The standard InChI is InChI=1S/C22H24Cl2N2O3S/c1-29-20-13-17-14(2-3-15(17)11-22(27)28)10-21(20)30-26-8-6-25(7-9-26)16-4-5-18(23)19(24)12-16/h4-5,10,12-13,15H,2-3,6-9,11H2,1H3,(H,27,28). The Morgan fingerprint density at radius 2 is 1.93 bits per heavy atom. The van der Waals surface area contributed by atoms with Gasteiger partial charge in [0.15, 0.2) is 0 Å². The number of ether oxygens (including phenoxy) is 1. The van der Waals surface area contributed by atoms with Crippen molar-refractivity contribution in [2.75, 3.05) is 38.2 Å². The number of nitrogens with zero attached hydrogens (tertiary/aromatic N) is 2. The van der Waals surface area contributed by atoms with E-state index >= 15 is 0 Å². The summed E-state index contributed by atoms with van der Waals surface area (Å²) >= 11 is 13.9. The van der Waals surface area contributed by atoms with E-state index in [0.29, 0.717) is 10.0 Å². The number of methoxy groups -OCH3 is 1. The summed E-state index contributed by atoms with van der Waals surface area (Å²) in [7, 11) is 1.68. The number of hydrogen-bond donors (Lipinski definition) is 1. The van der Waals surface area contributed by atoms with Gasteiger partial charge in [-0.3, -0.25) is 4.79 Å².